The molecule has 2 aromatic carbocycles. The van der Waals surface area contributed by atoms with Crippen LogP contribution in [0.2, 0.25) is 0 Å². The maximum Gasteiger partial charge on any atom is 0.243 e. The third kappa shape index (κ3) is 8.64. The van der Waals surface area contributed by atoms with Gasteiger partial charge in [-0.1, -0.05) is 62.4 Å². The fourth-order valence-electron chi connectivity index (χ4n) is 4.34. The number of aromatic nitrogens is 1. The minimum atomic E-state index is -0.676. The van der Waals surface area contributed by atoms with Crippen LogP contribution in [0.4, 0.5) is 0 Å². The number of carbonyl (C=O) groups is 3. The minimum Gasteiger partial charge on any atom is -0.361 e. The van der Waals surface area contributed by atoms with Gasteiger partial charge in [-0.15, -0.1) is 0 Å². The van der Waals surface area contributed by atoms with Gasteiger partial charge < -0.3 is 25.7 Å². The van der Waals surface area contributed by atoms with E-state index in [4.69, 9.17) is 0 Å². The number of carbonyl (C=O) groups excluding carboxylic acids is 3. The number of rotatable bonds is 15. The number of para-hydroxylation sites is 1. The Balaban J connectivity index is 1.43. The Bertz CT molecular complexity index is 1110. The Labute approximate surface area is 213 Å². The lowest BCUT2D eigenvalue weighted by atomic mass is 10.0. The number of nitrogens with one attached hydrogen (secondary N) is 4. The summed E-state index contributed by atoms with van der Waals surface area (Å²) in [7, 11) is 0. The summed E-state index contributed by atoms with van der Waals surface area (Å²) in [5.41, 5.74) is 3.50. The Hall–Kier alpha value is -3.45. The Kier molecular flexibility index (Phi) is 10.7. The molecule has 7 nitrogen and oxygen atoms in total. The zero-order valence-corrected chi connectivity index (χ0v) is 21.3. The fraction of sp³-hybridized carbons (Fsp3) is 0.414. The lowest BCUT2D eigenvalue weighted by Crippen LogP contribution is -2.52. The average Bonchev–Trinajstić information content (AvgIpc) is 3.29. The second-order valence-electron chi connectivity index (χ2n) is 9.66. The molecule has 0 saturated heterocycles. The molecule has 0 fully saturated rings. The van der Waals surface area contributed by atoms with Crippen LogP contribution in [0.5, 0.6) is 0 Å². The van der Waals surface area contributed by atoms with E-state index in [-0.39, 0.29) is 24.3 Å². The lowest BCUT2D eigenvalue weighted by Gasteiger charge is -2.22. The average molecular weight is 491 g/mol. The molecule has 0 aliphatic rings. The summed E-state index contributed by atoms with van der Waals surface area (Å²) < 4.78 is 0. The molecular formula is C29H38N4O3. The Morgan fingerprint density at radius 2 is 1.72 bits per heavy atom. The van der Waals surface area contributed by atoms with Gasteiger partial charge in [0.15, 0.2) is 0 Å². The van der Waals surface area contributed by atoms with Crippen molar-refractivity contribution in [1.82, 2.24) is 20.9 Å². The topological polar surface area (TPSA) is 103 Å². The van der Waals surface area contributed by atoms with Crippen molar-refractivity contribution in [2.45, 2.75) is 58.0 Å². The first-order chi connectivity index (χ1) is 17.5. The van der Waals surface area contributed by atoms with Gasteiger partial charge in [0.05, 0.1) is 12.6 Å². The molecule has 2 amide bonds. The van der Waals surface area contributed by atoms with Gasteiger partial charge in [-0.2, -0.15) is 0 Å². The molecule has 0 saturated carbocycles. The standard InChI is InChI=1S/C29H38N4O3/c1-21(2)17-27(29(36)32-24(20-34)12-8-11-22-9-4-3-5-10-22)33-28(35)19-30-16-15-23-18-31-26-14-7-6-13-25(23)26/h3-7,9-10,13-14,18,20-21,24,27,30-31H,8,11-12,15-17,19H2,1-2H3,(H,32,36)(H,33,35)/t24-,27+/m1/s1. The van der Waals surface area contributed by atoms with Crippen LogP contribution in [0, 0.1) is 5.92 Å². The van der Waals surface area contributed by atoms with E-state index < -0.39 is 12.1 Å². The third-order valence-corrected chi connectivity index (χ3v) is 6.21. The second-order valence-corrected chi connectivity index (χ2v) is 9.66. The van der Waals surface area contributed by atoms with Crippen molar-refractivity contribution in [3.05, 3.63) is 71.9 Å². The van der Waals surface area contributed by atoms with Crippen molar-refractivity contribution in [2.24, 2.45) is 5.92 Å². The Morgan fingerprint density at radius 1 is 0.972 bits per heavy atom. The lowest BCUT2D eigenvalue weighted by molar-refractivity contribution is -0.130. The van der Waals surface area contributed by atoms with E-state index in [0.717, 1.165) is 31.1 Å². The van der Waals surface area contributed by atoms with Gasteiger partial charge in [-0.3, -0.25) is 9.59 Å². The van der Waals surface area contributed by atoms with Crippen molar-refractivity contribution in [2.75, 3.05) is 13.1 Å². The molecule has 0 spiro atoms. The zero-order chi connectivity index (χ0) is 25.8. The second kappa shape index (κ2) is 14.2. The van der Waals surface area contributed by atoms with E-state index in [1.807, 2.05) is 56.4 Å². The number of aldehydes is 1. The van der Waals surface area contributed by atoms with E-state index in [9.17, 15) is 14.4 Å². The molecule has 3 aromatic rings. The first-order valence-corrected chi connectivity index (χ1v) is 12.8. The van der Waals surface area contributed by atoms with E-state index in [0.29, 0.717) is 19.4 Å². The summed E-state index contributed by atoms with van der Waals surface area (Å²) in [4.78, 5) is 40.3. The minimum absolute atomic E-state index is 0.123. The number of fused-ring (bicyclic) bond motifs is 1. The van der Waals surface area contributed by atoms with Gasteiger partial charge >= 0.3 is 0 Å². The summed E-state index contributed by atoms with van der Waals surface area (Å²) in [5, 5.41) is 10.0. The largest absolute Gasteiger partial charge is 0.361 e. The number of amides is 2. The van der Waals surface area contributed by atoms with Crippen molar-refractivity contribution in [1.29, 1.82) is 0 Å². The van der Waals surface area contributed by atoms with Crippen molar-refractivity contribution in [3.63, 3.8) is 0 Å². The smallest absolute Gasteiger partial charge is 0.243 e. The van der Waals surface area contributed by atoms with Crippen LogP contribution in [0.15, 0.2) is 60.8 Å². The fourth-order valence-corrected chi connectivity index (χ4v) is 4.34. The summed E-state index contributed by atoms with van der Waals surface area (Å²) >= 11 is 0. The molecule has 0 aliphatic carbocycles. The van der Waals surface area contributed by atoms with E-state index in [1.54, 1.807) is 0 Å². The summed E-state index contributed by atoms with van der Waals surface area (Å²) in [6, 6.07) is 16.9. The van der Waals surface area contributed by atoms with E-state index in [2.05, 4.69) is 39.1 Å². The van der Waals surface area contributed by atoms with E-state index in [1.165, 1.54) is 16.5 Å². The highest BCUT2D eigenvalue weighted by Gasteiger charge is 2.24. The molecule has 0 bridgehead atoms. The van der Waals surface area contributed by atoms with Gasteiger partial charge in [-0.25, -0.2) is 0 Å². The highest BCUT2D eigenvalue weighted by molar-refractivity contribution is 5.89. The first-order valence-electron chi connectivity index (χ1n) is 12.8. The van der Waals surface area contributed by atoms with Crippen molar-refractivity contribution >= 4 is 29.0 Å². The van der Waals surface area contributed by atoms with Crippen LogP contribution < -0.4 is 16.0 Å². The van der Waals surface area contributed by atoms with Crippen LogP contribution in [-0.2, 0) is 27.2 Å². The number of H-pyrrole nitrogens is 1. The molecule has 7 heteroatoms. The highest BCUT2D eigenvalue weighted by atomic mass is 16.2. The molecule has 0 unspecified atom stereocenters. The molecule has 36 heavy (non-hydrogen) atoms. The monoisotopic (exact) mass is 490 g/mol. The van der Waals surface area contributed by atoms with Gasteiger partial charge in [0.1, 0.15) is 12.3 Å². The van der Waals surface area contributed by atoms with Crippen LogP contribution in [-0.4, -0.2) is 48.3 Å². The van der Waals surface area contributed by atoms with Crippen molar-refractivity contribution in [3.8, 4) is 0 Å². The van der Waals surface area contributed by atoms with Gasteiger partial charge in [0.25, 0.3) is 0 Å². The number of aromatic amines is 1. The molecule has 2 atom stereocenters. The molecule has 1 heterocycles. The molecule has 192 valence electrons. The zero-order valence-electron chi connectivity index (χ0n) is 21.3. The molecule has 3 rings (SSSR count). The molecular weight excluding hydrogens is 452 g/mol. The summed E-state index contributed by atoms with van der Waals surface area (Å²) in [6.45, 7) is 4.77. The SMILES string of the molecule is CC(C)C[C@H](NC(=O)CNCCc1c[nH]c2ccccc12)C(=O)N[C@@H](C=O)CCCc1ccccc1. The Morgan fingerprint density at radius 3 is 2.47 bits per heavy atom. The van der Waals surface area contributed by atoms with Crippen LogP contribution in [0.25, 0.3) is 10.9 Å². The normalized spacial score (nSPS) is 12.9. The molecule has 4 N–H and O–H groups in total. The van der Waals surface area contributed by atoms with Crippen LogP contribution in [0.3, 0.4) is 0 Å². The van der Waals surface area contributed by atoms with Crippen molar-refractivity contribution < 1.29 is 14.4 Å². The molecule has 1 aromatic heterocycles. The van der Waals surface area contributed by atoms with Crippen LogP contribution >= 0.6 is 0 Å². The van der Waals surface area contributed by atoms with E-state index >= 15 is 0 Å². The maximum atomic E-state index is 12.9. The van der Waals surface area contributed by atoms with Gasteiger partial charge in [-0.05, 0) is 61.8 Å². The molecule has 0 aliphatic heterocycles. The van der Waals surface area contributed by atoms with Gasteiger partial charge in [0.2, 0.25) is 11.8 Å². The third-order valence-electron chi connectivity index (χ3n) is 6.21. The number of aryl methyl sites for hydroxylation is 1. The predicted octanol–water partition coefficient (Wildman–Crippen LogP) is 3.54. The maximum absolute atomic E-state index is 12.9. The number of hydrogen-bond donors (Lipinski definition) is 4. The molecule has 0 radical (unpaired) electrons. The summed E-state index contributed by atoms with van der Waals surface area (Å²) in [5.74, 6) is -0.335. The quantitative estimate of drug-likeness (QED) is 0.193. The highest BCUT2D eigenvalue weighted by Crippen LogP contribution is 2.17. The number of hydrogen-bond acceptors (Lipinski definition) is 4. The number of benzene rings is 2. The first kappa shape index (κ1) is 27.1. The van der Waals surface area contributed by atoms with Gasteiger partial charge in [0, 0.05) is 17.1 Å². The predicted molar refractivity (Wildman–Crippen MR) is 144 cm³/mol. The summed E-state index contributed by atoms with van der Waals surface area (Å²) in [6.07, 6.45) is 6.26. The van der Waals surface area contributed by atoms with Crippen LogP contribution in [0.1, 0.15) is 44.2 Å².